The smallest absolute Gasteiger partial charge is 0.252 e. The molecule has 11 nitrogen and oxygen atoms in total. The average molecular weight is 424 g/mol. The highest BCUT2D eigenvalue weighted by Crippen LogP contribution is 2.18. The summed E-state index contributed by atoms with van der Waals surface area (Å²) >= 11 is 0. The van der Waals surface area contributed by atoms with Crippen LogP contribution in [-0.2, 0) is 22.7 Å². The maximum Gasteiger partial charge on any atom is 0.252 e. The number of hydrogen-bond donors (Lipinski definition) is 4. The number of rotatable bonds is 9. The van der Waals surface area contributed by atoms with Gasteiger partial charge in [0.25, 0.3) is 5.91 Å². The second-order valence-corrected chi connectivity index (χ2v) is 6.60. The van der Waals surface area contributed by atoms with Gasteiger partial charge in [-0.15, -0.1) is 5.10 Å². The number of primary amides is 2. The van der Waals surface area contributed by atoms with Crippen LogP contribution < -0.4 is 21.5 Å². The van der Waals surface area contributed by atoms with Gasteiger partial charge < -0.3 is 26.6 Å². The summed E-state index contributed by atoms with van der Waals surface area (Å²) in [6.45, 7) is 0.579. The molecule has 0 spiro atoms. The molecule has 0 aliphatic carbocycles. The predicted molar refractivity (Wildman–Crippen MR) is 108 cm³/mol. The van der Waals surface area contributed by atoms with Crippen LogP contribution in [0.2, 0.25) is 0 Å². The van der Waals surface area contributed by atoms with Gasteiger partial charge in [0.15, 0.2) is 6.04 Å². The largest absolute Gasteiger partial charge is 0.508 e. The van der Waals surface area contributed by atoms with E-state index in [2.05, 4.69) is 15.6 Å². The van der Waals surface area contributed by atoms with Crippen molar-refractivity contribution in [2.75, 3.05) is 0 Å². The van der Waals surface area contributed by atoms with Gasteiger partial charge in [0.1, 0.15) is 23.8 Å². The summed E-state index contributed by atoms with van der Waals surface area (Å²) in [5, 5.41) is 19.7. The minimum absolute atomic E-state index is 0.109. The average Bonchev–Trinajstić information content (AvgIpc) is 3.17. The standard InChI is InChI=1S/C20H20N6O5/c21-18(28)17(19(22)29)23-20(30)13-6-4-12(5-7-13)9-26-10-14(24-25-26)11-31-16-3-1-2-15(27)8-16/h1-8,10,17,27H,9,11H2,(H2,21,28)(H2,22,29)(H,23,30). The number of ether oxygens (including phenoxy) is 1. The normalized spacial score (nSPS) is 10.6. The molecule has 0 fully saturated rings. The van der Waals surface area contributed by atoms with Crippen LogP contribution in [0.25, 0.3) is 0 Å². The van der Waals surface area contributed by atoms with Crippen LogP contribution in [0, 0.1) is 0 Å². The van der Waals surface area contributed by atoms with Gasteiger partial charge in [-0.3, -0.25) is 14.4 Å². The number of benzene rings is 2. The molecule has 0 saturated carbocycles. The Labute approximate surface area is 176 Å². The van der Waals surface area contributed by atoms with E-state index in [4.69, 9.17) is 16.2 Å². The summed E-state index contributed by atoms with van der Waals surface area (Å²) in [6.07, 6.45) is 1.72. The lowest BCUT2D eigenvalue weighted by Crippen LogP contribution is -2.52. The van der Waals surface area contributed by atoms with Gasteiger partial charge in [0.2, 0.25) is 11.8 Å². The van der Waals surface area contributed by atoms with Crippen molar-refractivity contribution in [2.24, 2.45) is 11.5 Å². The minimum atomic E-state index is -1.58. The Kier molecular flexibility index (Phi) is 6.45. The summed E-state index contributed by atoms with van der Waals surface area (Å²) in [6, 6.07) is 11.3. The molecule has 6 N–H and O–H groups in total. The fraction of sp³-hybridized carbons (Fsp3) is 0.150. The first-order valence-corrected chi connectivity index (χ1v) is 9.11. The van der Waals surface area contributed by atoms with Crippen LogP contribution >= 0.6 is 0 Å². The highest BCUT2D eigenvalue weighted by molar-refractivity contribution is 6.08. The van der Waals surface area contributed by atoms with Gasteiger partial charge in [-0.2, -0.15) is 0 Å². The Bertz CT molecular complexity index is 1080. The molecular formula is C20H20N6O5. The van der Waals surface area contributed by atoms with Crippen LogP contribution in [0.15, 0.2) is 54.7 Å². The number of carbonyl (C=O) groups is 3. The van der Waals surface area contributed by atoms with Gasteiger partial charge >= 0.3 is 0 Å². The van der Waals surface area contributed by atoms with E-state index in [1.807, 2.05) is 0 Å². The Balaban J connectivity index is 1.57. The SMILES string of the molecule is NC(=O)C(NC(=O)c1ccc(Cn2cc(COc3cccc(O)c3)nn2)cc1)C(N)=O. The van der Waals surface area contributed by atoms with Crippen molar-refractivity contribution in [3.63, 3.8) is 0 Å². The number of nitrogens with one attached hydrogen (secondary N) is 1. The van der Waals surface area contributed by atoms with Crippen LogP contribution in [0.5, 0.6) is 11.5 Å². The fourth-order valence-corrected chi connectivity index (χ4v) is 2.66. The first-order valence-electron chi connectivity index (χ1n) is 9.11. The Morgan fingerprint density at radius 1 is 1.10 bits per heavy atom. The third kappa shape index (κ3) is 5.79. The Hall–Kier alpha value is -4.41. The Morgan fingerprint density at radius 3 is 2.45 bits per heavy atom. The molecule has 3 aromatic rings. The molecule has 0 unspecified atom stereocenters. The Morgan fingerprint density at radius 2 is 1.81 bits per heavy atom. The van der Waals surface area contributed by atoms with E-state index >= 15 is 0 Å². The molecule has 0 bridgehead atoms. The lowest BCUT2D eigenvalue weighted by atomic mass is 10.1. The number of nitrogens with zero attached hydrogens (tertiary/aromatic N) is 3. The summed E-state index contributed by atoms with van der Waals surface area (Å²) in [5.41, 5.74) is 11.8. The molecule has 0 radical (unpaired) electrons. The van der Waals surface area contributed by atoms with Crippen molar-refractivity contribution in [2.45, 2.75) is 19.2 Å². The van der Waals surface area contributed by atoms with E-state index in [0.717, 1.165) is 5.56 Å². The van der Waals surface area contributed by atoms with E-state index < -0.39 is 23.8 Å². The molecule has 11 heteroatoms. The number of hydrogen-bond acceptors (Lipinski definition) is 7. The van der Waals surface area contributed by atoms with Gasteiger partial charge in [0, 0.05) is 11.6 Å². The first kappa shape index (κ1) is 21.3. The molecule has 0 saturated heterocycles. The van der Waals surface area contributed by atoms with Gasteiger partial charge in [-0.1, -0.05) is 23.4 Å². The maximum absolute atomic E-state index is 12.2. The highest BCUT2D eigenvalue weighted by Gasteiger charge is 2.24. The van der Waals surface area contributed by atoms with Crippen molar-refractivity contribution in [1.82, 2.24) is 20.3 Å². The van der Waals surface area contributed by atoms with Crippen molar-refractivity contribution in [3.8, 4) is 11.5 Å². The number of amides is 3. The number of carbonyl (C=O) groups excluding carboxylic acids is 3. The topological polar surface area (TPSA) is 175 Å². The zero-order valence-corrected chi connectivity index (χ0v) is 16.3. The zero-order valence-electron chi connectivity index (χ0n) is 16.3. The van der Waals surface area contributed by atoms with Gasteiger partial charge in [0.05, 0.1) is 12.7 Å². The third-order valence-electron chi connectivity index (χ3n) is 4.20. The number of aromatic nitrogens is 3. The minimum Gasteiger partial charge on any atom is -0.508 e. The van der Waals surface area contributed by atoms with E-state index in [0.29, 0.717) is 18.0 Å². The van der Waals surface area contributed by atoms with Crippen LogP contribution in [-0.4, -0.2) is 43.9 Å². The van der Waals surface area contributed by atoms with Gasteiger partial charge in [-0.25, -0.2) is 4.68 Å². The lowest BCUT2D eigenvalue weighted by Gasteiger charge is -2.12. The van der Waals surface area contributed by atoms with Crippen molar-refractivity contribution in [3.05, 3.63) is 71.5 Å². The molecule has 31 heavy (non-hydrogen) atoms. The second kappa shape index (κ2) is 9.39. The maximum atomic E-state index is 12.2. The number of nitrogens with two attached hydrogens (primary N) is 2. The quantitative estimate of drug-likeness (QED) is 0.340. The molecular weight excluding hydrogens is 404 g/mol. The second-order valence-electron chi connectivity index (χ2n) is 6.60. The van der Waals surface area contributed by atoms with Gasteiger partial charge in [-0.05, 0) is 29.8 Å². The zero-order chi connectivity index (χ0) is 22.4. The molecule has 1 aromatic heterocycles. The predicted octanol–water partition coefficient (Wildman–Crippen LogP) is -0.320. The van der Waals surface area contributed by atoms with Crippen LogP contribution in [0.4, 0.5) is 0 Å². The molecule has 0 aliphatic rings. The highest BCUT2D eigenvalue weighted by atomic mass is 16.5. The van der Waals surface area contributed by atoms with E-state index in [9.17, 15) is 19.5 Å². The van der Waals surface area contributed by atoms with Crippen LogP contribution in [0.1, 0.15) is 21.6 Å². The molecule has 0 atom stereocenters. The molecule has 2 aromatic carbocycles. The summed E-state index contributed by atoms with van der Waals surface area (Å²) in [5.74, 6) is -2.10. The van der Waals surface area contributed by atoms with E-state index in [1.54, 1.807) is 41.2 Å². The monoisotopic (exact) mass is 424 g/mol. The lowest BCUT2D eigenvalue weighted by molar-refractivity contribution is -0.128. The molecule has 1 heterocycles. The molecule has 3 rings (SSSR count). The van der Waals surface area contributed by atoms with Crippen molar-refractivity contribution in [1.29, 1.82) is 0 Å². The fourth-order valence-electron chi connectivity index (χ4n) is 2.66. The van der Waals surface area contributed by atoms with Crippen molar-refractivity contribution >= 4 is 17.7 Å². The third-order valence-corrected chi connectivity index (χ3v) is 4.20. The molecule has 3 amide bonds. The summed E-state index contributed by atoms with van der Waals surface area (Å²) in [4.78, 5) is 34.5. The first-order chi connectivity index (χ1) is 14.8. The number of phenolic OH excluding ortho intramolecular Hbond substituents is 1. The number of aromatic hydroxyl groups is 1. The molecule has 160 valence electrons. The van der Waals surface area contributed by atoms with E-state index in [1.165, 1.54) is 18.2 Å². The number of phenols is 1. The molecule has 0 aliphatic heterocycles. The van der Waals surface area contributed by atoms with E-state index in [-0.39, 0.29) is 17.9 Å². The summed E-state index contributed by atoms with van der Waals surface area (Å²) in [7, 11) is 0. The van der Waals surface area contributed by atoms with Crippen LogP contribution in [0.3, 0.4) is 0 Å². The summed E-state index contributed by atoms with van der Waals surface area (Å²) < 4.78 is 7.16. The van der Waals surface area contributed by atoms with Crippen molar-refractivity contribution < 1.29 is 24.2 Å².